The van der Waals surface area contributed by atoms with Gasteiger partial charge in [-0.15, -0.1) is 23.1 Å². The number of halogens is 1. The number of thiazole rings is 1. The number of thioether (sulfide) groups is 1. The first-order valence-electron chi connectivity index (χ1n) is 8.92. The Morgan fingerprint density at radius 3 is 2.45 bits per heavy atom. The summed E-state index contributed by atoms with van der Waals surface area (Å²) in [7, 11) is 0. The molecule has 3 aromatic carbocycles. The fraction of sp³-hybridized carbons (Fsp3) is 0.0435. The second-order valence-corrected chi connectivity index (χ2v) is 8.23. The number of allylic oxidation sites excluding steroid dienone is 1. The minimum Gasteiger partial charge on any atom is -0.349 e. The number of aromatic nitrogens is 1. The Morgan fingerprint density at radius 1 is 1.00 bits per heavy atom. The smallest absolute Gasteiger partial charge is 0.137 e. The highest BCUT2D eigenvalue weighted by Gasteiger charge is 2.15. The minimum atomic E-state index is -0.301. The second kappa shape index (κ2) is 8.91. The first-order chi connectivity index (χ1) is 14.2. The molecular formula is C23H16FN3S2. The molecule has 0 unspecified atom stereocenters. The standard InChI is InChI=1S/C23H16FN3S2/c24-17-10-12-18(13-11-17)26-22(28-15-16-6-2-1-3-7-16)19(14-25)23-27-20-8-4-5-9-21(20)29-23/h1-13,26H,15H2/b22-19-. The predicted molar refractivity (Wildman–Crippen MR) is 120 cm³/mol. The fourth-order valence-electron chi connectivity index (χ4n) is 2.74. The molecule has 0 aliphatic heterocycles. The van der Waals surface area contributed by atoms with Gasteiger partial charge in [0.25, 0.3) is 0 Å². The summed E-state index contributed by atoms with van der Waals surface area (Å²) < 4.78 is 14.3. The van der Waals surface area contributed by atoms with Gasteiger partial charge in [0.1, 0.15) is 22.5 Å². The van der Waals surface area contributed by atoms with Gasteiger partial charge in [-0.1, -0.05) is 42.5 Å². The van der Waals surface area contributed by atoms with Crippen molar-refractivity contribution in [2.45, 2.75) is 5.75 Å². The van der Waals surface area contributed by atoms with Gasteiger partial charge in [0.05, 0.1) is 15.2 Å². The molecule has 0 saturated carbocycles. The van der Waals surface area contributed by atoms with Crippen molar-refractivity contribution in [3.63, 3.8) is 0 Å². The number of nitriles is 1. The number of anilines is 1. The maximum atomic E-state index is 13.3. The summed E-state index contributed by atoms with van der Waals surface area (Å²) in [6.45, 7) is 0. The highest BCUT2D eigenvalue weighted by molar-refractivity contribution is 8.02. The van der Waals surface area contributed by atoms with Crippen LogP contribution in [0.1, 0.15) is 10.6 Å². The zero-order chi connectivity index (χ0) is 20.1. The molecule has 0 aliphatic rings. The molecule has 0 bridgehead atoms. The number of nitrogens with zero attached hydrogens (tertiary/aromatic N) is 2. The summed E-state index contributed by atoms with van der Waals surface area (Å²) in [4.78, 5) is 4.64. The summed E-state index contributed by atoms with van der Waals surface area (Å²) in [5.74, 6) is 0.394. The van der Waals surface area contributed by atoms with E-state index in [-0.39, 0.29) is 5.82 Å². The molecule has 3 nitrogen and oxygen atoms in total. The van der Waals surface area contributed by atoms with E-state index in [0.717, 1.165) is 21.5 Å². The molecule has 1 heterocycles. The third kappa shape index (κ3) is 4.65. The molecule has 4 aromatic rings. The highest BCUT2D eigenvalue weighted by atomic mass is 32.2. The molecule has 1 aromatic heterocycles. The van der Waals surface area contributed by atoms with Gasteiger partial charge < -0.3 is 5.32 Å². The lowest BCUT2D eigenvalue weighted by atomic mass is 10.2. The molecule has 1 N–H and O–H groups in total. The fourth-order valence-corrected chi connectivity index (χ4v) is 4.75. The zero-order valence-electron chi connectivity index (χ0n) is 15.3. The van der Waals surface area contributed by atoms with Crippen LogP contribution in [-0.2, 0) is 5.75 Å². The Bertz CT molecular complexity index is 1160. The van der Waals surface area contributed by atoms with Gasteiger partial charge in [-0.3, -0.25) is 0 Å². The number of benzene rings is 3. The van der Waals surface area contributed by atoms with Crippen LogP contribution in [0.4, 0.5) is 10.1 Å². The molecule has 0 amide bonds. The Kier molecular flexibility index (Phi) is 5.89. The van der Waals surface area contributed by atoms with Crippen LogP contribution in [0, 0.1) is 17.1 Å². The van der Waals surface area contributed by atoms with Gasteiger partial charge in [-0.05, 0) is 42.0 Å². The van der Waals surface area contributed by atoms with E-state index in [9.17, 15) is 9.65 Å². The summed E-state index contributed by atoms with van der Waals surface area (Å²) in [5, 5.41) is 14.6. The van der Waals surface area contributed by atoms with Crippen LogP contribution in [0.3, 0.4) is 0 Å². The first kappa shape index (κ1) is 19.2. The van der Waals surface area contributed by atoms with E-state index >= 15 is 0 Å². The topological polar surface area (TPSA) is 48.7 Å². The second-order valence-electron chi connectivity index (χ2n) is 6.21. The summed E-state index contributed by atoms with van der Waals surface area (Å²) in [6.07, 6.45) is 0. The van der Waals surface area contributed by atoms with E-state index in [1.54, 1.807) is 12.1 Å². The van der Waals surface area contributed by atoms with Crippen LogP contribution >= 0.6 is 23.1 Å². The van der Waals surface area contributed by atoms with Crippen molar-refractivity contribution in [3.05, 3.63) is 100 Å². The van der Waals surface area contributed by atoms with E-state index in [2.05, 4.69) is 16.4 Å². The van der Waals surface area contributed by atoms with Crippen LogP contribution in [-0.4, -0.2) is 4.98 Å². The summed E-state index contributed by atoms with van der Waals surface area (Å²) in [6, 6.07) is 26.3. The minimum absolute atomic E-state index is 0.301. The molecule has 0 saturated heterocycles. The molecule has 0 atom stereocenters. The number of rotatable bonds is 6. The normalized spacial score (nSPS) is 11.7. The number of fused-ring (bicyclic) bond motifs is 1. The van der Waals surface area contributed by atoms with Gasteiger partial charge in [-0.2, -0.15) is 5.26 Å². The van der Waals surface area contributed by atoms with Gasteiger partial charge in [-0.25, -0.2) is 9.37 Å². The lowest BCUT2D eigenvalue weighted by molar-refractivity contribution is 0.628. The Hall–Kier alpha value is -3.14. The quantitative estimate of drug-likeness (QED) is 0.356. The molecular weight excluding hydrogens is 401 g/mol. The average molecular weight is 418 g/mol. The van der Waals surface area contributed by atoms with Gasteiger partial charge in [0.15, 0.2) is 0 Å². The van der Waals surface area contributed by atoms with E-state index in [4.69, 9.17) is 0 Å². The van der Waals surface area contributed by atoms with Crippen LogP contribution in [0.5, 0.6) is 0 Å². The van der Waals surface area contributed by atoms with Crippen LogP contribution in [0.2, 0.25) is 0 Å². The maximum absolute atomic E-state index is 13.3. The van der Waals surface area contributed by atoms with Crippen molar-refractivity contribution in [1.82, 2.24) is 4.98 Å². The number of hydrogen-bond acceptors (Lipinski definition) is 5. The van der Waals surface area contributed by atoms with Gasteiger partial charge in [0.2, 0.25) is 0 Å². The third-order valence-electron chi connectivity index (χ3n) is 4.17. The molecule has 0 aliphatic carbocycles. The lowest BCUT2D eigenvalue weighted by Crippen LogP contribution is -2.01. The number of hydrogen-bond donors (Lipinski definition) is 1. The van der Waals surface area contributed by atoms with Crippen molar-refractivity contribution in [2.24, 2.45) is 0 Å². The average Bonchev–Trinajstić information content (AvgIpc) is 3.18. The SMILES string of the molecule is N#C/C(=C(\Nc1ccc(F)cc1)SCc1ccccc1)c1nc2ccccc2s1. The summed E-state index contributed by atoms with van der Waals surface area (Å²) in [5.41, 5.74) is 3.22. The van der Waals surface area contributed by atoms with Crippen LogP contribution in [0.25, 0.3) is 15.8 Å². The van der Waals surface area contributed by atoms with E-state index in [1.165, 1.54) is 35.2 Å². The number of para-hydroxylation sites is 1. The Morgan fingerprint density at radius 2 is 1.72 bits per heavy atom. The predicted octanol–water partition coefficient (Wildman–Crippen LogP) is 6.67. The molecule has 142 valence electrons. The van der Waals surface area contributed by atoms with Crippen molar-refractivity contribution < 1.29 is 4.39 Å². The van der Waals surface area contributed by atoms with E-state index in [1.807, 2.05) is 54.6 Å². The Balaban J connectivity index is 1.72. The summed E-state index contributed by atoms with van der Waals surface area (Å²) >= 11 is 3.02. The van der Waals surface area contributed by atoms with Crippen molar-refractivity contribution in [3.8, 4) is 6.07 Å². The molecule has 29 heavy (non-hydrogen) atoms. The largest absolute Gasteiger partial charge is 0.349 e. The van der Waals surface area contributed by atoms with Crippen LogP contribution in [0.15, 0.2) is 83.9 Å². The first-order valence-corrected chi connectivity index (χ1v) is 10.7. The van der Waals surface area contributed by atoms with Crippen LogP contribution < -0.4 is 5.32 Å². The van der Waals surface area contributed by atoms with E-state index in [0.29, 0.717) is 21.4 Å². The third-order valence-corrected chi connectivity index (χ3v) is 6.30. The maximum Gasteiger partial charge on any atom is 0.137 e. The molecule has 0 radical (unpaired) electrons. The highest BCUT2D eigenvalue weighted by Crippen LogP contribution is 2.34. The monoisotopic (exact) mass is 417 g/mol. The molecule has 0 spiro atoms. The molecule has 0 fully saturated rings. The van der Waals surface area contributed by atoms with Crippen molar-refractivity contribution >= 4 is 44.6 Å². The molecule has 6 heteroatoms. The number of nitrogens with one attached hydrogen (secondary N) is 1. The van der Waals surface area contributed by atoms with Gasteiger partial charge in [0, 0.05) is 11.4 Å². The van der Waals surface area contributed by atoms with Gasteiger partial charge >= 0.3 is 0 Å². The lowest BCUT2D eigenvalue weighted by Gasteiger charge is -2.12. The molecule has 4 rings (SSSR count). The zero-order valence-corrected chi connectivity index (χ0v) is 16.9. The van der Waals surface area contributed by atoms with E-state index < -0.39 is 0 Å². The Labute approximate surface area is 176 Å². The van der Waals surface area contributed by atoms with Crippen molar-refractivity contribution in [2.75, 3.05) is 5.32 Å². The van der Waals surface area contributed by atoms with Crippen molar-refractivity contribution in [1.29, 1.82) is 5.26 Å².